The van der Waals surface area contributed by atoms with Crippen LogP contribution in [0, 0.1) is 0 Å². The van der Waals surface area contributed by atoms with Crippen LogP contribution in [0.25, 0.3) is 21.3 Å². The van der Waals surface area contributed by atoms with Crippen molar-refractivity contribution < 1.29 is 13.2 Å². The summed E-state index contributed by atoms with van der Waals surface area (Å²) in [7, 11) is -0.476. The summed E-state index contributed by atoms with van der Waals surface area (Å²) < 4.78 is 26.7. The molecule has 0 bridgehead atoms. The number of fused-ring (bicyclic) bond motifs is 1. The van der Waals surface area contributed by atoms with Crippen molar-refractivity contribution in [1.29, 1.82) is 0 Å². The predicted molar refractivity (Wildman–Crippen MR) is 98.8 cm³/mol. The number of benzene rings is 2. The van der Waals surface area contributed by atoms with E-state index in [4.69, 9.17) is 5.73 Å². The standard InChI is InChI=1S/C17H17N3O3S2/c1-20(2)25(22,23)13-5-3-4-11(8-13)12-6-7-14-15(9-12)24-17(19-14)10-16(18)21/h3-9H,10H2,1-2H3,(H2,18,21). The van der Waals surface area contributed by atoms with E-state index in [0.29, 0.717) is 5.01 Å². The van der Waals surface area contributed by atoms with E-state index in [0.717, 1.165) is 21.3 Å². The van der Waals surface area contributed by atoms with E-state index in [2.05, 4.69) is 4.98 Å². The lowest BCUT2D eigenvalue weighted by Crippen LogP contribution is -2.22. The first kappa shape index (κ1) is 17.5. The smallest absolute Gasteiger partial charge is 0.242 e. The van der Waals surface area contributed by atoms with Gasteiger partial charge in [0.15, 0.2) is 0 Å². The van der Waals surface area contributed by atoms with Crippen molar-refractivity contribution in [3.8, 4) is 11.1 Å². The minimum Gasteiger partial charge on any atom is -0.369 e. The molecule has 0 atom stereocenters. The maximum atomic E-state index is 12.3. The number of rotatable bonds is 5. The highest BCUT2D eigenvalue weighted by molar-refractivity contribution is 7.89. The monoisotopic (exact) mass is 375 g/mol. The number of carbonyl (C=O) groups excluding carboxylic acids is 1. The Morgan fingerprint density at radius 3 is 2.56 bits per heavy atom. The average molecular weight is 375 g/mol. The number of primary amides is 1. The fraction of sp³-hybridized carbons (Fsp3) is 0.176. The molecule has 8 heteroatoms. The molecule has 3 aromatic rings. The fourth-order valence-corrected chi connectivity index (χ4v) is 4.39. The van der Waals surface area contributed by atoms with Crippen molar-refractivity contribution in [2.24, 2.45) is 5.73 Å². The second-order valence-corrected chi connectivity index (χ2v) is 9.02. The number of amides is 1. The average Bonchev–Trinajstić information content (AvgIpc) is 2.95. The lowest BCUT2D eigenvalue weighted by molar-refractivity contribution is -0.117. The second-order valence-electron chi connectivity index (χ2n) is 5.75. The first-order chi connectivity index (χ1) is 11.8. The van der Waals surface area contributed by atoms with Crippen molar-refractivity contribution in [2.45, 2.75) is 11.3 Å². The Kier molecular flexibility index (Phi) is 4.59. The molecular formula is C17H17N3O3S2. The van der Waals surface area contributed by atoms with Crippen molar-refractivity contribution >= 4 is 37.5 Å². The van der Waals surface area contributed by atoms with Crippen LogP contribution in [0.4, 0.5) is 0 Å². The Hall–Kier alpha value is -2.29. The number of nitrogens with zero attached hydrogens (tertiary/aromatic N) is 2. The number of hydrogen-bond donors (Lipinski definition) is 1. The highest BCUT2D eigenvalue weighted by Crippen LogP contribution is 2.30. The van der Waals surface area contributed by atoms with Gasteiger partial charge in [0, 0.05) is 14.1 Å². The topological polar surface area (TPSA) is 93.4 Å². The molecular weight excluding hydrogens is 358 g/mol. The Balaban J connectivity index is 2.03. The van der Waals surface area contributed by atoms with Gasteiger partial charge in [0.1, 0.15) is 5.01 Å². The van der Waals surface area contributed by atoms with E-state index < -0.39 is 15.9 Å². The summed E-state index contributed by atoms with van der Waals surface area (Å²) in [5.74, 6) is -0.416. The number of carbonyl (C=O) groups is 1. The number of sulfonamides is 1. The molecule has 2 aromatic carbocycles. The molecule has 1 amide bonds. The Bertz CT molecular complexity index is 1060. The molecule has 1 heterocycles. The third-order valence-corrected chi connectivity index (χ3v) is 6.53. The van der Waals surface area contributed by atoms with Gasteiger partial charge in [0.2, 0.25) is 15.9 Å². The van der Waals surface area contributed by atoms with Crippen LogP contribution in [0.5, 0.6) is 0 Å². The minimum absolute atomic E-state index is 0.116. The number of hydrogen-bond acceptors (Lipinski definition) is 5. The third kappa shape index (κ3) is 3.55. The summed E-state index contributed by atoms with van der Waals surface area (Å²) in [4.78, 5) is 15.7. The molecule has 0 radical (unpaired) electrons. The SMILES string of the molecule is CN(C)S(=O)(=O)c1cccc(-c2ccc3nc(CC(N)=O)sc3c2)c1. The summed E-state index contributed by atoms with van der Waals surface area (Å²) in [5, 5.41) is 0.670. The van der Waals surface area contributed by atoms with Gasteiger partial charge < -0.3 is 5.73 Å². The molecule has 2 N–H and O–H groups in total. The molecule has 25 heavy (non-hydrogen) atoms. The van der Waals surface area contributed by atoms with Crippen LogP contribution in [-0.4, -0.2) is 37.7 Å². The van der Waals surface area contributed by atoms with Crippen molar-refractivity contribution in [3.63, 3.8) is 0 Å². The van der Waals surface area contributed by atoms with E-state index in [-0.39, 0.29) is 11.3 Å². The van der Waals surface area contributed by atoms with Crippen LogP contribution in [0.15, 0.2) is 47.4 Å². The molecule has 6 nitrogen and oxygen atoms in total. The highest BCUT2D eigenvalue weighted by Gasteiger charge is 2.17. The van der Waals surface area contributed by atoms with Crippen LogP contribution in [0.3, 0.4) is 0 Å². The Morgan fingerprint density at radius 1 is 1.16 bits per heavy atom. The normalized spacial score (nSPS) is 12.0. The molecule has 0 aliphatic heterocycles. The molecule has 0 aliphatic rings. The van der Waals surface area contributed by atoms with Gasteiger partial charge in [0.25, 0.3) is 0 Å². The molecule has 0 aliphatic carbocycles. The zero-order valence-electron chi connectivity index (χ0n) is 13.8. The molecule has 0 fully saturated rings. The van der Waals surface area contributed by atoms with E-state index in [1.54, 1.807) is 18.2 Å². The first-order valence-electron chi connectivity index (χ1n) is 7.48. The molecule has 0 saturated carbocycles. The molecule has 1 aromatic heterocycles. The van der Waals surface area contributed by atoms with Gasteiger partial charge >= 0.3 is 0 Å². The quantitative estimate of drug-likeness (QED) is 0.740. The molecule has 0 spiro atoms. The van der Waals surface area contributed by atoms with Gasteiger partial charge in [-0.05, 0) is 35.4 Å². The summed E-state index contributed by atoms with van der Waals surface area (Å²) in [6.45, 7) is 0. The van der Waals surface area contributed by atoms with Crippen LogP contribution in [-0.2, 0) is 21.2 Å². The maximum Gasteiger partial charge on any atom is 0.242 e. The minimum atomic E-state index is -3.49. The maximum absolute atomic E-state index is 12.3. The van der Waals surface area contributed by atoms with Gasteiger partial charge in [-0.1, -0.05) is 18.2 Å². The Morgan fingerprint density at radius 2 is 1.88 bits per heavy atom. The number of aromatic nitrogens is 1. The van der Waals surface area contributed by atoms with Gasteiger partial charge in [-0.3, -0.25) is 4.79 Å². The predicted octanol–water partition coefficient (Wildman–Crippen LogP) is 2.24. The van der Waals surface area contributed by atoms with Crippen LogP contribution < -0.4 is 5.73 Å². The van der Waals surface area contributed by atoms with E-state index in [9.17, 15) is 13.2 Å². The van der Waals surface area contributed by atoms with Gasteiger partial charge in [-0.25, -0.2) is 17.7 Å². The largest absolute Gasteiger partial charge is 0.369 e. The van der Waals surface area contributed by atoms with Crippen LogP contribution >= 0.6 is 11.3 Å². The van der Waals surface area contributed by atoms with Crippen molar-refractivity contribution in [2.75, 3.05) is 14.1 Å². The molecule has 0 unspecified atom stereocenters. The number of nitrogens with two attached hydrogens (primary N) is 1. The summed E-state index contributed by atoms with van der Waals surface area (Å²) in [6, 6.07) is 12.5. The Labute approximate surface area is 150 Å². The van der Waals surface area contributed by atoms with Crippen LogP contribution in [0.2, 0.25) is 0 Å². The molecule has 3 rings (SSSR count). The van der Waals surface area contributed by atoms with E-state index >= 15 is 0 Å². The van der Waals surface area contributed by atoms with E-state index in [1.165, 1.54) is 29.7 Å². The van der Waals surface area contributed by atoms with Gasteiger partial charge in [-0.15, -0.1) is 11.3 Å². The molecule has 0 saturated heterocycles. The van der Waals surface area contributed by atoms with Gasteiger partial charge in [0.05, 0.1) is 21.5 Å². The fourth-order valence-electron chi connectivity index (χ4n) is 2.42. The van der Waals surface area contributed by atoms with Crippen LogP contribution in [0.1, 0.15) is 5.01 Å². The summed E-state index contributed by atoms with van der Waals surface area (Å²) in [5.41, 5.74) is 7.70. The lowest BCUT2D eigenvalue weighted by Gasteiger charge is -2.12. The summed E-state index contributed by atoms with van der Waals surface area (Å²) >= 11 is 1.41. The number of thiazole rings is 1. The summed E-state index contributed by atoms with van der Waals surface area (Å²) in [6.07, 6.45) is 0.116. The van der Waals surface area contributed by atoms with E-state index in [1.807, 2.05) is 24.3 Å². The second kappa shape index (κ2) is 6.55. The zero-order valence-corrected chi connectivity index (χ0v) is 15.4. The van der Waals surface area contributed by atoms with Crippen molar-refractivity contribution in [1.82, 2.24) is 9.29 Å². The van der Waals surface area contributed by atoms with Gasteiger partial charge in [-0.2, -0.15) is 0 Å². The first-order valence-corrected chi connectivity index (χ1v) is 9.74. The lowest BCUT2D eigenvalue weighted by atomic mass is 10.1. The molecule has 130 valence electrons. The third-order valence-electron chi connectivity index (χ3n) is 3.70. The van der Waals surface area contributed by atoms with Crippen molar-refractivity contribution in [3.05, 3.63) is 47.5 Å². The highest BCUT2D eigenvalue weighted by atomic mass is 32.2. The zero-order chi connectivity index (χ0) is 18.2.